The van der Waals surface area contributed by atoms with Gasteiger partial charge >= 0.3 is 0 Å². The number of hydrogen-bond acceptors (Lipinski definition) is 1. The summed E-state index contributed by atoms with van der Waals surface area (Å²) in [5.41, 5.74) is 3.73. The first-order chi connectivity index (χ1) is 9.13. The molecular weight excluding hydrogens is 237 g/mol. The lowest BCUT2D eigenvalue weighted by Gasteiger charge is -2.14. The second-order valence-electron chi connectivity index (χ2n) is 5.10. The van der Waals surface area contributed by atoms with E-state index >= 15 is 0 Å². The molecule has 0 aliphatic rings. The van der Waals surface area contributed by atoms with Crippen molar-refractivity contribution in [2.24, 2.45) is 0 Å². The number of nitrogens with one attached hydrogen (secondary N) is 1. The molecular formula is C17H20FN. The van der Waals surface area contributed by atoms with Crippen LogP contribution in [0.4, 0.5) is 4.39 Å². The van der Waals surface area contributed by atoms with Gasteiger partial charge in [0.1, 0.15) is 5.82 Å². The Labute approximate surface area is 114 Å². The summed E-state index contributed by atoms with van der Waals surface area (Å²) >= 11 is 0. The highest BCUT2D eigenvalue weighted by Gasteiger charge is 2.03. The molecule has 1 unspecified atom stereocenters. The molecule has 100 valence electrons. The predicted molar refractivity (Wildman–Crippen MR) is 77.6 cm³/mol. The number of aryl methyl sites for hydroxylation is 1. The van der Waals surface area contributed by atoms with E-state index in [4.69, 9.17) is 0 Å². The second kappa shape index (κ2) is 6.48. The van der Waals surface area contributed by atoms with Crippen molar-refractivity contribution in [2.75, 3.05) is 0 Å². The lowest BCUT2D eigenvalue weighted by molar-refractivity contribution is 0.544. The van der Waals surface area contributed by atoms with E-state index in [2.05, 4.69) is 43.4 Å². The third kappa shape index (κ3) is 4.49. The van der Waals surface area contributed by atoms with Crippen LogP contribution in [0.1, 0.15) is 23.6 Å². The summed E-state index contributed by atoms with van der Waals surface area (Å²) in [6.45, 7) is 5.11. The Balaban J connectivity index is 1.82. The van der Waals surface area contributed by atoms with Crippen molar-refractivity contribution in [1.29, 1.82) is 0 Å². The molecule has 0 aliphatic carbocycles. The average Bonchev–Trinajstić information content (AvgIpc) is 2.41. The Hall–Kier alpha value is -1.67. The van der Waals surface area contributed by atoms with E-state index in [0.717, 1.165) is 18.5 Å². The lowest BCUT2D eigenvalue weighted by Crippen LogP contribution is -2.27. The Bertz CT molecular complexity index is 502. The van der Waals surface area contributed by atoms with Crippen molar-refractivity contribution in [3.8, 4) is 0 Å². The maximum Gasteiger partial charge on any atom is 0.123 e. The second-order valence-corrected chi connectivity index (χ2v) is 5.10. The molecule has 0 spiro atoms. The molecule has 0 amide bonds. The zero-order chi connectivity index (χ0) is 13.7. The molecule has 0 aromatic heterocycles. The molecule has 0 saturated heterocycles. The largest absolute Gasteiger partial charge is 0.310 e. The minimum Gasteiger partial charge on any atom is -0.310 e. The molecule has 0 radical (unpaired) electrons. The number of halogens is 1. The summed E-state index contributed by atoms with van der Waals surface area (Å²) in [5.74, 6) is -0.177. The lowest BCUT2D eigenvalue weighted by atomic mass is 10.1. The zero-order valence-electron chi connectivity index (χ0n) is 11.5. The molecule has 0 saturated carbocycles. The van der Waals surface area contributed by atoms with Crippen molar-refractivity contribution in [1.82, 2.24) is 5.32 Å². The molecule has 19 heavy (non-hydrogen) atoms. The Morgan fingerprint density at radius 3 is 2.16 bits per heavy atom. The topological polar surface area (TPSA) is 12.0 Å². The average molecular weight is 257 g/mol. The van der Waals surface area contributed by atoms with Crippen molar-refractivity contribution in [3.63, 3.8) is 0 Å². The monoisotopic (exact) mass is 257 g/mol. The highest BCUT2D eigenvalue weighted by atomic mass is 19.1. The molecule has 1 nitrogen and oxygen atoms in total. The van der Waals surface area contributed by atoms with Gasteiger partial charge in [0.25, 0.3) is 0 Å². The van der Waals surface area contributed by atoms with Gasteiger partial charge in [-0.25, -0.2) is 4.39 Å². The summed E-state index contributed by atoms with van der Waals surface area (Å²) < 4.78 is 12.8. The van der Waals surface area contributed by atoms with Crippen LogP contribution < -0.4 is 5.32 Å². The van der Waals surface area contributed by atoms with Crippen molar-refractivity contribution >= 4 is 0 Å². The van der Waals surface area contributed by atoms with Crippen LogP contribution in [0.25, 0.3) is 0 Å². The van der Waals surface area contributed by atoms with Gasteiger partial charge in [0.15, 0.2) is 0 Å². The van der Waals surface area contributed by atoms with Crippen LogP contribution in [0.2, 0.25) is 0 Å². The summed E-state index contributed by atoms with van der Waals surface area (Å²) in [6, 6.07) is 15.6. The quantitative estimate of drug-likeness (QED) is 0.857. The van der Waals surface area contributed by atoms with Crippen molar-refractivity contribution < 1.29 is 4.39 Å². The fourth-order valence-electron chi connectivity index (χ4n) is 2.04. The molecule has 0 aliphatic heterocycles. The molecule has 1 atom stereocenters. The number of benzene rings is 2. The molecule has 1 N–H and O–H groups in total. The van der Waals surface area contributed by atoms with Gasteiger partial charge in [-0.1, -0.05) is 42.0 Å². The Kier molecular flexibility index (Phi) is 4.69. The summed E-state index contributed by atoms with van der Waals surface area (Å²) in [4.78, 5) is 0. The van der Waals surface area contributed by atoms with E-state index in [1.54, 1.807) is 0 Å². The first-order valence-corrected chi connectivity index (χ1v) is 6.67. The fourth-order valence-corrected chi connectivity index (χ4v) is 2.04. The smallest absolute Gasteiger partial charge is 0.123 e. The van der Waals surface area contributed by atoms with E-state index in [1.165, 1.54) is 23.3 Å². The summed E-state index contributed by atoms with van der Waals surface area (Å²) in [7, 11) is 0. The van der Waals surface area contributed by atoms with Crippen LogP contribution in [0.15, 0.2) is 48.5 Å². The zero-order valence-corrected chi connectivity index (χ0v) is 11.5. The Morgan fingerprint density at radius 2 is 1.53 bits per heavy atom. The third-order valence-electron chi connectivity index (χ3n) is 3.23. The van der Waals surface area contributed by atoms with Gasteiger partial charge in [0.2, 0.25) is 0 Å². The molecule has 2 aromatic carbocycles. The van der Waals surface area contributed by atoms with Crippen molar-refractivity contribution in [3.05, 3.63) is 71.0 Å². The highest BCUT2D eigenvalue weighted by molar-refractivity contribution is 5.21. The summed E-state index contributed by atoms with van der Waals surface area (Å²) in [6.07, 6.45) is 0.909. The van der Waals surface area contributed by atoms with Crippen LogP contribution in [0.3, 0.4) is 0 Å². The molecule has 2 heteroatoms. The first kappa shape index (κ1) is 13.8. The maximum atomic E-state index is 12.8. The van der Waals surface area contributed by atoms with Gasteiger partial charge in [-0.05, 0) is 43.5 Å². The summed E-state index contributed by atoms with van der Waals surface area (Å²) in [5, 5.41) is 3.49. The van der Waals surface area contributed by atoms with E-state index in [1.807, 2.05) is 12.1 Å². The van der Waals surface area contributed by atoms with Gasteiger partial charge in [-0.2, -0.15) is 0 Å². The predicted octanol–water partition coefficient (Wildman–Crippen LogP) is 3.85. The van der Waals surface area contributed by atoms with E-state index in [0.29, 0.717) is 6.04 Å². The van der Waals surface area contributed by atoms with E-state index in [9.17, 15) is 4.39 Å². The van der Waals surface area contributed by atoms with Crippen LogP contribution in [0, 0.1) is 12.7 Å². The van der Waals surface area contributed by atoms with Gasteiger partial charge in [-0.3, -0.25) is 0 Å². The maximum absolute atomic E-state index is 12.8. The molecule has 0 heterocycles. The van der Waals surface area contributed by atoms with Crippen LogP contribution >= 0.6 is 0 Å². The molecule has 0 bridgehead atoms. The van der Waals surface area contributed by atoms with Gasteiger partial charge < -0.3 is 5.32 Å². The van der Waals surface area contributed by atoms with Gasteiger partial charge in [0, 0.05) is 12.6 Å². The third-order valence-corrected chi connectivity index (χ3v) is 3.23. The van der Waals surface area contributed by atoms with E-state index in [-0.39, 0.29) is 5.82 Å². The molecule has 0 fully saturated rings. The van der Waals surface area contributed by atoms with Gasteiger partial charge in [-0.15, -0.1) is 0 Å². The van der Waals surface area contributed by atoms with E-state index < -0.39 is 0 Å². The fraction of sp³-hybridized carbons (Fsp3) is 0.294. The van der Waals surface area contributed by atoms with Crippen LogP contribution in [0.5, 0.6) is 0 Å². The first-order valence-electron chi connectivity index (χ1n) is 6.67. The van der Waals surface area contributed by atoms with Crippen LogP contribution in [-0.4, -0.2) is 6.04 Å². The standard InChI is InChI=1S/C17H20FN/c1-13-3-5-16(6-4-13)12-19-14(2)11-15-7-9-17(18)10-8-15/h3-10,14,19H,11-12H2,1-2H3. The number of hydrogen-bond donors (Lipinski definition) is 1. The van der Waals surface area contributed by atoms with Gasteiger partial charge in [0.05, 0.1) is 0 Å². The number of rotatable bonds is 5. The molecule has 2 aromatic rings. The highest BCUT2D eigenvalue weighted by Crippen LogP contribution is 2.07. The minimum absolute atomic E-state index is 0.177. The normalized spacial score (nSPS) is 12.4. The van der Waals surface area contributed by atoms with Crippen LogP contribution in [-0.2, 0) is 13.0 Å². The minimum atomic E-state index is -0.177. The van der Waals surface area contributed by atoms with Crippen molar-refractivity contribution in [2.45, 2.75) is 32.9 Å². The SMILES string of the molecule is Cc1ccc(CNC(C)Cc2ccc(F)cc2)cc1. The Morgan fingerprint density at radius 1 is 0.947 bits per heavy atom. The molecule has 2 rings (SSSR count).